The zero-order valence-corrected chi connectivity index (χ0v) is 25.0. The highest BCUT2D eigenvalue weighted by atomic mass is 79.9. The number of nitrogens with zero attached hydrogens (tertiary/aromatic N) is 2. The fraction of sp³-hybridized carbons (Fsp3) is 0.750. The summed E-state index contributed by atoms with van der Waals surface area (Å²) in [5.41, 5.74) is 0. The van der Waals surface area contributed by atoms with E-state index in [2.05, 4.69) is 29.1 Å². The third-order valence-corrected chi connectivity index (χ3v) is 11.1. The summed E-state index contributed by atoms with van der Waals surface area (Å²) in [5.74, 6) is -1.75. The van der Waals surface area contributed by atoms with Crippen LogP contribution in [0.2, 0.25) is 0 Å². The molecule has 2 bridgehead atoms. The Morgan fingerprint density at radius 3 is 2.54 bits per heavy atom. The maximum atomic E-state index is 14.3. The quantitative estimate of drug-likeness (QED) is 0.140. The number of hydrogen-bond donors (Lipinski definition) is 1. The van der Waals surface area contributed by atoms with E-state index in [1.165, 1.54) is 0 Å². The van der Waals surface area contributed by atoms with E-state index in [1.54, 1.807) is 27.6 Å². The van der Waals surface area contributed by atoms with Crippen LogP contribution in [0.1, 0.15) is 59.8 Å². The van der Waals surface area contributed by atoms with Gasteiger partial charge >= 0.3 is 5.97 Å². The summed E-state index contributed by atoms with van der Waals surface area (Å²) in [4.78, 5) is 45.3. The number of allylic oxidation sites excluding steroid dienone is 1. The molecule has 3 saturated heterocycles. The first-order valence-corrected chi connectivity index (χ1v) is 15.3. The lowest BCUT2D eigenvalue weighted by molar-refractivity contribution is -0.154. The Kier molecular flexibility index (Phi) is 10.4. The Morgan fingerprint density at radius 1 is 1.27 bits per heavy atom. The van der Waals surface area contributed by atoms with Gasteiger partial charge in [0.2, 0.25) is 11.8 Å². The summed E-state index contributed by atoms with van der Waals surface area (Å²) >= 11 is 5.39. The van der Waals surface area contributed by atoms with Gasteiger partial charge in [0.1, 0.15) is 6.04 Å². The van der Waals surface area contributed by atoms with Gasteiger partial charge in [-0.3, -0.25) is 14.4 Å². The molecule has 3 aliphatic rings. The smallest absolute Gasteiger partial charge is 0.310 e. The van der Waals surface area contributed by atoms with Gasteiger partial charge in [-0.1, -0.05) is 41.9 Å². The normalized spacial score (nSPS) is 31.1. The number of carbonyl (C=O) groups is 3. The van der Waals surface area contributed by atoms with Gasteiger partial charge in [0, 0.05) is 22.7 Å². The van der Waals surface area contributed by atoms with Gasteiger partial charge in [0.15, 0.2) is 0 Å². The fourth-order valence-corrected chi connectivity index (χ4v) is 9.92. The predicted octanol–water partition coefficient (Wildman–Crippen LogP) is 4.18. The van der Waals surface area contributed by atoms with E-state index in [1.807, 2.05) is 33.8 Å². The lowest BCUT2D eigenvalue weighted by atomic mass is 9.71. The van der Waals surface area contributed by atoms with E-state index >= 15 is 0 Å². The molecule has 3 aliphatic heterocycles. The van der Waals surface area contributed by atoms with Gasteiger partial charge in [-0.15, -0.1) is 24.9 Å². The highest BCUT2D eigenvalue weighted by molar-refractivity contribution is 9.09. The number of hydrogen-bond acceptors (Lipinski definition) is 6. The molecule has 9 heteroatoms. The van der Waals surface area contributed by atoms with Crippen molar-refractivity contribution in [1.82, 2.24) is 9.80 Å². The maximum absolute atomic E-state index is 14.3. The molecule has 0 aromatic rings. The molecule has 7 atom stereocenters. The van der Waals surface area contributed by atoms with E-state index < -0.39 is 28.7 Å². The summed E-state index contributed by atoms with van der Waals surface area (Å²) < 4.78 is 4.95. The number of unbranched alkanes of at least 4 members (excludes halogenated alkanes) is 2. The van der Waals surface area contributed by atoms with Crippen LogP contribution >= 0.6 is 27.7 Å². The lowest BCUT2D eigenvalue weighted by Crippen LogP contribution is -2.59. The second kappa shape index (κ2) is 12.7. The number of amides is 2. The van der Waals surface area contributed by atoms with Crippen molar-refractivity contribution in [2.75, 3.05) is 19.8 Å². The van der Waals surface area contributed by atoms with Gasteiger partial charge in [-0.2, -0.15) is 0 Å². The summed E-state index contributed by atoms with van der Waals surface area (Å²) in [5, 5.41) is 10.3. The average molecular weight is 600 g/mol. The maximum Gasteiger partial charge on any atom is 0.310 e. The molecule has 2 amide bonds. The molecule has 0 saturated carbocycles. The number of esters is 1. The fourth-order valence-electron chi connectivity index (χ4n) is 6.34. The van der Waals surface area contributed by atoms with Crippen molar-refractivity contribution >= 4 is 45.5 Å². The molecule has 0 radical (unpaired) electrons. The molecule has 208 valence electrons. The van der Waals surface area contributed by atoms with Gasteiger partial charge in [-0.25, -0.2) is 0 Å². The number of aliphatic hydroxyl groups is 1. The second-order valence-corrected chi connectivity index (χ2v) is 13.9. The number of rotatable bonds is 14. The molecule has 3 heterocycles. The zero-order valence-electron chi connectivity index (χ0n) is 22.6. The Morgan fingerprint density at radius 2 is 1.97 bits per heavy atom. The molecular formula is C28H43BrN2O5S. The number of halogens is 1. The van der Waals surface area contributed by atoms with Gasteiger partial charge in [0.25, 0.3) is 0 Å². The molecule has 3 fully saturated rings. The van der Waals surface area contributed by atoms with E-state index in [0.29, 0.717) is 26.0 Å². The molecule has 37 heavy (non-hydrogen) atoms. The van der Waals surface area contributed by atoms with E-state index in [0.717, 1.165) is 19.3 Å². The van der Waals surface area contributed by atoms with Crippen LogP contribution in [0.25, 0.3) is 0 Å². The van der Waals surface area contributed by atoms with Crippen molar-refractivity contribution in [3.63, 3.8) is 0 Å². The summed E-state index contributed by atoms with van der Waals surface area (Å²) in [7, 11) is 0. The number of likely N-dealkylation sites (tertiary alicyclic amines) is 1. The molecule has 0 aliphatic carbocycles. The number of aliphatic hydroxyl groups excluding tert-OH is 1. The minimum Gasteiger partial charge on any atom is -0.465 e. The topological polar surface area (TPSA) is 87.1 Å². The molecule has 3 rings (SSSR count). The van der Waals surface area contributed by atoms with Crippen LogP contribution in [-0.2, 0) is 19.1 Å². The van der Waals surface area contributed by atoms with Crippen LogP contribution in [0, 0.1) is 17.8 Å². The zero-order chi connectivity index (χ0) is 27.5. The first-order valence-electron chi connectivity index (χ1n) is 13.5. The van der Waals surface area contributed by atoms with Crippen LogP contribution in [-0.4, -0.2) is 85.4 Å². The van der Waals surface area contributed by atoms with Crippen molar-refractivity contribution in [1.29, 1.82) is 0 Å². The third-order valence-electron chi connectivity index (χ3n) is 7.86. The Hall–Kier alpha value is -1.32. The number of thioether (sulfide) groups is 1. The van der Waals surface area contributed by atoms with Gasteiger partial charge in [-0.05, 0) is 51.9 Å². The minimum atomic E-state index is -0.760. The Balaban J connectivity index is 2.01. The van der Waals surface area contributed by atoms with E-state index in [9.17, 15) is 19.5 Å². The molecule has 0 aromatic carbocycles. The van der Waals surface area contributed by atoms with E-state index in [4.69, 9.17) is 4.74 Å². The summed E-state index contributed by atoms with van der Waals surface area (Å²) in [6, 6.07) is -1.35. The first kappa shape index (κ1) is 30.2. The SMILES string of the molecule is C=CCCCCOC(=O)[C@H]1[C@H]2C(=O)N([C@@H](CO)CC(C)C)C(C(=O)N(CC=C)C(C)C)C23CC(Br)[C@@H]1S3. The molecule has 3 unspecified atom stereocenters. The predicted molar refractivity (Wildman–Crippen MR) is 151 cm³/mol. The summed E-state index contributed by atoms with van der Waals surface area (Å²) in [6.45, 7) is 16.0. The highest BCUT2D eigenvalue weighted by Crippen LogP contribution is 2.68. The molecule has 7 nitrogen and oxygen atoms in total. The molecular weight excluding hydrogens is 556 g/mol. The van der Waals surface area contributed by atoms with Crippen molar-refractivity contribution in [2.24, 2.45) is 17.8 Å². The first-order chi connectivity index (χ1) is 17.5. The monoisotopic (exact) mass is 598 g/mol. The van der Waals surface area contributed by atoms with Crippen molar-refractivity contribution in [3.8, 4) is 0 Å². The Bertz CT molecular complexity index is 883. The van der Waals surface area contributed by atoms with Gasteiger partial charge in [0.05, 0.1) is 35.8 Å². The Labute approximate surface area is 234 Å². The van der Waals surface area contributed by atoms with Crippen LogP contribution in [0.5, 0.6) is 0 Å². The number of carbonyl (C=O) groups excluding carboxylic acids is 3. The third kappa shape index (κ3) is 5.69. The van der Waals surface area contributed by atoms with Crippen molar-refractivity contribution in [2.45, 2.75) is 92.7 Å². The number of ether oxygens (including phenoxy) is 1. The average Bonchev–Trinajstić information content (AvgIpc) is 3.43. The van der Waals surface area contributed by atoms with Crippen LogP contribution in [0.4, 0.5) is 0 Å². The second-order valence-electron chi connectivity index (χ2n) is 11.2. The van der Waals surface area contributed by atoms with E-state index in [-0.39, 0.29) is 46.4 Å². The molecule has 1 N–H and O–H groups in total. The largest absolute Gasteiger partial charge is 0.465 e. The number of alkyl halides is 1. The highest BCUT2D eigenvalue weighted by Gasteiger charge is 2.76. The van der Waals surface area contributed by atoms with Crippen LogP contribution in [0.3, 0.4) is 0 Å². The van der Waals surface area contributed by atoms with Crippen molar-refractivity contribution in [3.05, 3.63) is 25.3 Å². The molecule has 1 spiro atoms. The summed E-state index contributed by atoms with van der Waals surface area (Å²) in [6.07, 6.45) is 7.21. The van der Waals surface area contributed by atoms with Gasteiger partial charge < -0.3 is 19.6 Å². The standard InChI is InChI=1S/C28H43BrN2O5S/c1-7-9-10-11-13-36-27(35)21-22-25(33)31(19(16-32)14-17(3)4)24(26(34)30(12-8-2)18(5)6)28(22)15-20(29)23(21)37-28/h7-8,17-24,32H,1-2,9-16H2,3-6H3/t19-,20?,21+,22+,23+,24?,28?/m1/s1. The van der Waals surface area contributed by atoms with Crippen LogP contribution < -0.4 is 0 Å². The lowest BCUT2D eigenvalue weighted by Gasteiger charge is -2.41. The minimum absolute atomic E-state index is 0.0142. The number of fused-ring (bicyclic) bond motifs is 1. The van der Waals surface area contributed by atoms with Crippen molar-refractivity contribution < 1.29 is 24.2 Å². The van der Waals surface area contributed by atoms with Crippen LogP contribution in [0.15, 0.2) is 25.3 Å². The molecule has 0 aromatic heterocycles.